The second-order valence-electron chi connectivity index (χ2n) is 4.17. The predicted molar refractivity (Wildman–Crippen MR) is 84.3 cm³/mol. The van der Waals surface area contributed by atoms with Gasteiger partial charge in [-0.2, -0.15) is 11.8 Å². The predicted octanol–water partition coefficient (Wildman–Crippen LogP) is 1.54. The largest absolute Gasteiger partial charge is 0.480 e. The summed E-state index contributed by atoms with van der Waals surface area (Å²) < 4.78 is 0. The van der Waals surface area contributed by atoms with Crippen LogP contribution < -0.4 is 10.6 Å². The number of nitrogens with one attached hydrogen (secondary N) is 2. The van der Waals surface area contributed by atoms with Crippen LogP contribution in [0.2, 0.25) is 0 Å². The van der Waals surface area contributed by atoms with Crippen molar-refractivity contribution in [2.24, 2.45) is 0 Å². The van der Waals surface area contributed by atoms with Gasteiger partial charge in [0.15, 0.2) is 0 Å². The second-order valence-corrected chi connectivity index (χ2v) is 5.15. The summed E-state index contributed by atoms with van der Waals surface area (Å²) in [6.45, 7) is 0.162. The molecule has 5 nitrogen and oxygen atoms in total. The molecule has 0 spiro atoms. The van der Waals surface area contributed by atoms with Crippen molar-refractivity contribution >= 4 is 23.8 Å². The van der Waals surface area contributed by atoms with Gasteiger partial charge in [0.1, 0.15) is 6.04 Å². The molecule has 0 aliphatic carbocycles. The number of hydrogen-bond acceptors (Lipinski definition) is 3. The van der Waals surface area contributed by atoms with Crippen molar-refractivity contribution in [1.29, 1.82) is 0 Å². The monoisotopic (exact) mass is 306 g/mol. The van der Waals surface area contributed by atoms with Crippen LogP contribution in [0.25, 0.3) is 0 Å². The quantitative estimate of drug-likeness (QED) is 0.697. The van der Waals surface area contributed by atoms with Gasteiger partial charge in [0.25, 0.3) is 0 Å². The highest BCUT2D eigenvalue weighted by molar-refractivity contribution is 7.98. The first-order valence-electron chi connectivity index (χ1n) is 6.43. The highest BCUT2D eigenvalue weighted by Crippen LogP contribution is 2.00. The zero-order valence-electron chi connectivity index (χ0n) is 11.8. The normalized spacial score (nSPS) is 10.9. The van der Waals surface area contributed by atoms with Gasteiger partial charge in [-0.05, 0) is 30.6 Å². The summed E-state index contributed by atoms with van der Waals surface area (Å²) in [7, 11) is 0. The maximum Gasteiger partial charge on any atom is 0.326 e. The van der Waals surface area contributed by atoms with Crippen LogP contribution in [0.4, 0.5) is 4.79 Å². The Balaban J connectivity index is 2.36. The summed E-state index contributed by atoms with van der Waals surface area (Å²) in [6, 6.07) is 8.01. The Morgan fingerprint density at radius 2 is 2.05 bits per heavy atom. The molecule has 6 heteroatoms. The van der Waals surface area contributed by atoms with Crippen LogP contribution in [0.15, 0.2) is 30.3 Å². The number of carbonyl (C=O) groups excluding carboxylic acids is 1. The SMILES string of the molecule is CSCCC(NC(=O)NCC#Cc1ccccc1)C(=O)O. The van der Waals surface area contributed by atoms with Crippen LogP contribution in [0.3, 0.4) is 0 Å². The Kier molecular flexibility index (Phi) is 7.84. The first kappa shape index (κ1) is 16.9. The fourth-order valence-corrected chi connectivity index (χ4v) is 1.97. The molecule has 0 heterocycles. The number of carbonyl (C=O) groups is 2. The lowest BCUT2D eigenvalue weighted by atomic mass is 10.2. The molecule has 0 saturated heterocycles. The molecule has 1 atom stereocenters. The molecule has 1 aromatic carbocycles. The molecule has 0 aliphatic heterocycles. The highest BCUT2D eigenvalue weighted by Gasteiger charge is 2.18. The number of rotatable bonds is 6. The molecule has 0 saturated carbocycles. The topological polar surface area (TPSA) is 78.4 Å². The summed E-state index contributed by atoms with van der Waals surface area (Å²) in [5.74, 6) is 5.34. The molecule has 21 heavy (non-hydrogen) atoms. The van der Waals surface area contributed by atoms with Gasteiger partial charge in [-0.1, -0.05) is 30.0 Å². The third-order valence-electron chi connectivity index (χ3n) is 2.56. The lowest BCUT2D eigenvalue weighted by molar-refractivity contribution is -0.139. The van der Waals surface area contributed by atoms with E-state index in [-0.39, 0.29) is 6.54 Å². The number of amides is 2. The Labute approximate surface area is 128 Å². The lowest BCUT2D eigenvalue weighted by Crippen LogP contribution is -2.46. The number of thioether (sulfide) groups is 1. The first-order valence-corrected chi connectivity index (χ1v) is 7.83. The van der Waals surface area contributed by atoms with Gasteiger partial charge in [0, 0.05) is 5.56 Å². The van der Waals surface area contributed by atoms with Gasteiger partial charge in [-0.15, -0.1) is 0 Å². The van der Waals surface area contributed by atoms with Crippen molar-refractivity contribution in [3.05, 3.63) is 35.9 Å². The Bertz CT molecular complexity index is 523. The highest BCUT2D eigenvalue weighted by atomic mass is 32.2. The molecule has 1 aromatic rings. The van der Waals surface area contributed by atoms with Crippen LogP contribution >= 0.6 is 11.8 Å². The minimum Gasteiger partial charge on any atom is -0.480 e. The summed E-state index contributed by atoms with van der Waals surface area (Å²) >= 11 is 1.54. The third kappa shape index (κ3) is 7.28. The van der Waals surface area contributed by atoms with E-state index in [2.05, 4.69) is 22.5 Å². The van der Waals surface area contributed by atoms with E-state index in [0.717, 1.165) is 5.56 Å². The molecular weight excluding hydrogens is 288 g/mol. The zero-order valence-corrected chi connectivity index (χ0v) is 12.6. The van der Waals surface area contributed by atoms with E-state index in [1.54, 1.807) is 0 Å². The second kappa shape index (κ2) is 9.72. The van der Waals surface area contributed by atoms with E-state index < -0.39 is 18.0 Å². The Morgan fingerprint density at radius 3 is 2.67 bits per heavy atom. The van der Waals surface area contributed by atoms with Crippen LogP contribution in [-0.2, 0) is 4.79 Å². The van der Waals surface area contributed by atoms with Crippen LogP contribution in [0.5, 0.6) is 0 Å². The van der Waals surface area contributed by atoms with Crippen molar-refractivity contribution < 1.29 is 14.7 Å². The van der Waals surface area contributed by atoms with E-state index in [0.29, 0.717) is 12.2 Å². The fourth-order valence-electron chi connectivity index (χ4n) is 1.49. The zero-order chi connectivity index (χ0) is 15.5. The van der Waals surface area contributed by atoms with Gasteiger partial charge in [-0.25, -0.2) is 9.59 Å². The van der Waals surface area contributed by atoms with Crippen LogP contribution in [-0.4, -0.2) is 41.7 Å². The van der Waals surface area contributed by atoms with Crippen molar-refractivity contribution in [2.45, 2.75) is 12.5 Å². The van der Waals surface area contributed by atoms with Gasteiger partial charge in [-0.3, -0.25) is 0 Å². The summed E-state index contributed by atoms with van der Waals surface area (Å²) in [4.78, 5) is 22.5. The summed E-state index contributed by atoms with van der Waals surface area (Å²) in [5, 5.41) is 13.9. The number of benzene rings is 1. The van der Waals surface area contributed by atoms with E-state index in [4.69, 9.17) is 5.11 Å². The molecular formula is C15H18N2O3S. The number of urea groups is 1. The average Bonchev–Trinajstić information content (AvgIpc) is 2.48. The molecule has 0 aromatic heterocycles. The molecule has 1 unspecified atom stereocenters. The fraction of sp³-hybridized carbons (Fsp3) is 0.333. The van der Waals surface area contributed by atoms with Crippen molar-refractivity contribution in [2.75, 3.05) is 18.6 Å². The van der Waals surface area contributed by atoms with Crippen LogP contribution in [0, 0.1) is 11.8 Å². The number of aliphatic carboxylic acids is 1. The Morgan fingerprint density at radius 1 is 1.33 bits per heavy atom. The number of hydrogen-bond donors (Lipinski definition) is 3. The van der Waals surface area contributed by atoms with Crippen molar-refractivity contribution in [3.63, 3.8) is 0 Å². The smallest absolute Gasteiger partial charge is 0.326 e. The summed E-state index contributed by atoms with van der Waals surface area (Å²) in [5.41, 5.74) is 0.864. The van der Waals surface area contributed by atoms with Gasteiger partial charge < -0.3 is 15.7 Å². The molecule has 0 aliphatic rings. The number of carboxylic acids is 1. The maximum absolute atomic E-state index is 11.6. The third-order valence-corrected chi connectivity index (χ3v) is 3.20. The average molecular weight is 306 g/mol. The van der Waals surface area contributed by atoms with Crippen molar-refractivity contribution in [3.8, 4) is 11.8 Å². The molecule has 1 rings (SSSR count). The molecule has 2 amide bonds. The van der Waals surface area contributed by atoms with Gasteiger partial charge in [0.2, 0.25) is 0 Å². The van der Waals surface area contributed by atoms with E-state index in [9.17, 15) is 9.59 Å². The van der Waals surface area contributed by atoms with Crippen molar-refractivity contribution in [1.82, 2.24) is 10.6 Å². The van der Waals surface area contributed by atoms with Crippen LogP contribution in [0.1, 0.15) is 12.0 Å². The molecule has 3 N–H and O–H groups in total. The van der Waals surface area contributed by atoms with E-state index in [1.165, 1.54) is 11.8 Å². The maximum atomic E-state index is 11.6. The van der Waals surface area contributed by atoms with E-state index >= 15 is 0 Å². The first-order chi connectivity index (χ1) is 10.1. The Hall–Kier alpha value is -2.13. The van der Waals surface area contributed by atoms with E-state index in [1.807, 2.05) is 36.6 Å². The lowest BCUT2D eigenvalue weighted by Gasteiger charge is -2.13. The molecule has 0 fully saturated rings. The minimum absolute atomic E-state index is 0.162. The van der Waals surface area contributed by atoms with Gasteiger partial charge >= 0.3 is 12.0 Å². The van der Waals surface area contributed by atoms with Gasteiger partial charge in [0.05, 0.1) is 6.54 Å². The summed E-state index contributed by atoms with van der Waals surface area (Å²) in [6.07, 6.45) is 2.28. The minimum atomic E-state index is -1.03. The molecule has 0 bridgehead atoms. The molecule has 112 valence electrons. The molecule has 0 radical (unpaired) electrons. The standard InChI is InChI=1S/C15H18N2O3S/c1-21-11-9-13(14(18)19)17-15(20)16-10-5-8-12-6-3-2-4-7-12/h2-4,6-7,13H,9-11H2,1H3,(H,18,19)(H2,16,17,20). The number of carboxylic acid groups (broad SMARTS) is 1.